The minimum atomic E-state index is -3.38. The number of hydrogen-bond donors (Lipinski definition) is 0. The number of benzene rings is 1. The van der Waals surface area contributed by atoms with E-state index in [1.165, 1.54) is 28.6 Å². The summed E-state index contributed by atoms with van der Waals surface area (Å²) in [5, 5.41) is 0. The molecule has 1 heterocycles. The van der Waals surface area contributed by atoms with Gasteiger partial charge in [0.2, 0.25) is 10.0 Å². The Morgan fingerprint density at radius 2 is 1.53 bits per heavy atom. The van der Waals surface area contributed by atoms with Gasteiger partial charge in [-0.2, -0.15) is 0 Å². The van der Waals surface area contributed by atoms with Gasteiger partial charge in [0.25, 0.3) is 11.8 Å². The first-order valence-corrected chi connectivity index (χ1v) is 13.6. The van der Waals surface area contributed by atoms with Crippen molar-refractivity contribution in [3.8, 4) is 0 Å². The van der Waals surface area contributed by atoms with Gasteiger partial charge in [0.15, 0.2) is 0 Å². The van der Waals surface area contributed by atoms with Crippen LogP contribution in [0.1, 0.15) is 91.8 Å². The van der Waals surface area contributed by atoms with E-state index in [1.54, 1.807) is 31.2 Å². The van der Waals surface area contributed by atoms with E-state index in [0.717, 1.165) is 44.9 Å². The molecule has 0 bridgehead atoms. The Labute approximate surface area is 192 Å². The summed E-state index contributed by atoms with van der Waals surface area (Å²) in [6.45, 7) is 2.93. The number of amides is 2. The lowest BCUT2D eigenvalue weighted by atomic mass is 9.90. The molecule has 0 spiro atoms. The highest BCUT2D eigenvalue weighted by atomic mass is 32.2. The molecule has 3 rings (SSSR count). The van der Waals surface area contributed by atoms with Gasteiger partial charge in [-0.3, -0.25) is 19.3 Å². The summed E-state index contributed by atoms with van der Waals surface area (Å²) in [6.07, 6.45) is 10.1. The van der Waals surface area contributed by atoms with Crippen LogP contribution in [0.5, 0.6) is 0 Å². The van der Waals surface area contributed by atoms with Crippen molar-refractivity contribution in [3.05, 3.63) is 35.4 Å². The maximum Gasteiger partial charge on any atom is 0.261 e. The van der Waals surface area contributed by atoms with E-state index >= 15 is 0 Å². The number of carbonyl (C=O) groups is 2. The number of hydroxylamine groups is 1. The smallest absolute Gasteiger partial charge is 0.261 e. The number of unbranched alkanes of at least 4 members (excludes halogenated alkanes) is 4. The second-order valence-corrected chi connectivity index (χ2v) is 11.0. The van der Waals surface area contributed by atoms with Gasteiger partial charge in [-0.05, 0) is 50.7 Å². The van der Waals surface area contributed by atoms with Crippen LogP contribution in [0.3, 0.4) is 0 Å². The van der Waals surface area contributed by atoms with Gasteiger partial charge in [-0.1, -0.05) is 55.1 Å². The van der Waals surface area contributed by atoms with Gasteiger partial charge >= 0.3 is 0 Å². The van der Waals surface area contributed by atoms with Crippen LogP contribution in [0.25, 0.3) is 0 Å². The molecule has 8 heteroatoms. The summed E-state index contributed by atoms with van der Waals surface area (Å²) in [4.78, 5) is 31.8. The van der Waals surface area contributed by atoms with Crippen LogP contribution in [0, 0.1) is 5.92 Å². The van der Waals surface area contributed by atoms with Gasteiger partial charge in [0.1, 0.15) is 0 Å². The third-order valence-corrected chi connectivity index (χ3v) is 8.09. The van der Waals surface area contributed by atoms with E-state index in [1.807, 2.05) is 0 Å². The Morgan fingerprint density at radius 1 is 0.938 bits per heavy atom. The molecule has 1 aliphatic carbocycles. The van der Waals surface area contributed by atoms with Crippen molar-refractivity contribution in [2.45, 2.75) is 71.1 Å². The molecule has 0 saturated heterocycles. The monoisotopic (exact) mass is 464 g/mol. The molecule has 0 N–H and O–H groups in total. The van der Waals surface area contributed by atoms with Crippen molar-refractivity contribution in [1.29, 1.82) is 0 Å². The Kier molecular flexibility index (Phi) is 9.25. The fourth-order valence-electron chi connectivity index (χ4n) is 4.45. The molecular weight excluding hydrogens is 428 g/mol. The fourth-order valence-corrected chi connectivity index (χ4v) is 5.37. The number of rotatable bonds is 13. The van der Waals surface area contributed by atoms with Crippen LogP contribution in [0.15, 0.2) is 24.3 Å². The molecule has 0 radical (unpaired) electrons. The Balaban J connectivity index is 1.34. The largest absolute Gasteiger partial charge is 0.284 e. The van der Waals surface area contributed by atoms with Crippen LogP contribution in [-0.4, -0.2) is 55.0 Å². The fraction of sp³-hybridized carbons (Fsp3) is 0.667. The molecule has 178 valence electrons. The molecule has 32 heavy (non-hydrogen) atoms. The van der Waals surface area contributed by atoms with Crippen LogP contribution in [0.2, 0.25) is 0 Å². The van der Waals surface area contributed by atoms with E-state index in [9.17, 15) is 18.0 Å². The number of nitrogens with zero attached hydrogens (tertiary/aromatic N) is 2. The lowest BCUT2D eigenvalue weighted by Gasteiger charge is -2.26. The van der Waals surface area contributed by atoms with Gasteiger partial charge in [-0.15, -0.1) is 0 Å². The highest BCUT2D eigenvalue weighted by Gasteiger charge is 2.34. The molecule has 1 aromatic rings. The highest BCUT2D eigenvalue weighted by Crippen LogP contribution is 2.25. The first kappa shape index (κ1) is 24.9. The van der Waals surface area contributed by atoms with E-state index < -0.39 is 10.0 Å². The van der Waals surface area contributed by atoms with Crippen molar-refractivity contribution in [3.63, 3.8) is 0 Å². The lowest BCUT2D eigenvalue weighted by molar-refractivity contribution is -0.103. The van der Waals surface area contributed by atoms with Crippen LogP contribution in [-0.2, 0) is 14.9 Å². The van der Waals surface area contributed by atoms with Crippen molar-refractivity contribution >= 4 is 21.8 Å². The third kappa shape index (κ3) is 6.39. The summed E-state index contributed by atoms with van der Waals surface area (Å²) >= 11 is 0. The quantitative estimate of drug-likeness (QED) is 0.245. The lowest BCUT2D eigenvalue weighted by Crippen LogP contribution is -2.35. The first-order valence-electron chi connectivity index (χ1n) is 12.0. The molecule has 7 nitrogen and oxygen atoms in total. The van der Waals surface area contributed by atoms with Crippen molar-refractivity contribution in [2.75, 3.05) is 25.4 Å². The van der Waals surface area contributed by atoms with Crippen LogP contribution < -0.4 is 0 Å². The minimum absolute atomic E-state index is 0.0396. The number of fused-ring (bicyclic) bond motifs is 1. The second kappa shape index (κ2) is 11.9. The molecule has 2 aliphatic rings. The number of sulfonamides is 1. The van der Waals surface area contributed by atoms with E-state index in [4.69, 9.17) is 4.84 Å². The molecule has 1 aliphatic heterocycles. The van der Waals surface area contributed by atoms with Crippen LogP contribution in [0.4, 0.5) is 0 Å². The molecule has 2 amide bonds. The zero-order chi connectivity index (χ0) is 23.0. The Bertz CT molecular complexity index is 845. The van der Waals surface area contributed by atoms with Gasteiger partial charge in [0.05, 0.1) is 23.5 Å². The zero-order valence-corrected chi connectivity index (χ0v) is 19.9. The van der Waals surface area contributed by atoms with Gasteiger partial charge < -0.3 is 0 Å². The summed E-state index contributed by atoms with van der Waals surface area (Å²) in [5.74, 6) is 0.0838. The van der Waals surface area contributed by atoms with Crippen LogP contribution >= 0.6 is 0 Å². The number of carbonyl (C=O) groups excluding carboxylic acids is 2. The standard InChI is InChI=1S/C24H36N2O5S/c1-2-32(29,30)26(31-19-20-13-7-6-8-14-20)18-12-5-3-4-11-17-25-23(27)21-15-9-10-16-22(21)24(25)28/h9-10,15-16,20H,2-8,11-14,17-19H2,1H3. The summed E-state index contributed by atoms with van der Waals surface area (Å²) in [6, 6.07) is 6.94. The molecule has 1 aromatic carbocycles. The van der Waals surface area contributed by atoms with Gasteiger partial charge in [-0.25, -0.2) is 8.42 Å². The Morgan fingerprint density at radius 3 is 2.16 bits per heavy atom. The zero-order valence-electron chi connectivity index (χ0n) is 19.1. The molecule has 0 unspecified atom stereocenters. The molecule has 1 fully saturated rings. The summed E-state index contributed by atoms with van der Waals surface area (Å²) in [5.41, 5.74) is 0.978. The van der Waals surface area contributed by atoms with Crippen molar-refractivity contribution in [1.82, 2.24) is 9.37 Å². The summed E-state index contributed by atoms with van der Waals surface area (Å²) < 4.78 is 26.0. The number of hydrogen-bond acceptors (Lipinski definition) is 5. The van der Waals surface area contributed by atoms with Gasteiger partial charge in [0, 0.05) is 13.1 Å². The summed E-state index contributed by atoms with van der Waals surface area (Å²) in [7, 11) is -3.38. The normalized spacial score (nSPS) is 17.4. The van der Waals surface area contributed by atoms with Crippen molar-refractivity contribution < 1.29 is 22.8 Å². The molecule has 0 atom stereocenters. The third-order valence-electron chi connectivity index (χ3n) is 6.45. The minimum Gasteiger partial charge on any atom is -0.284 e. The average molecular weight is 465 g/mol. The van der Waals surface area contributed by atoms with E-state index in [-0.39, 0.29) is 17.6 Å². The number of imide groups is 1. The predicted molar refractivity (Wildman–Crippen MR) is 124 cm³/mol. The average Bonchev–Trinajstić information content (AvgIpc) is 3.05. The van der Waals surface area contributed by atoms with Crippen molar-refractivity contribution in [2.24, 2.45) is 5.92 Å². The topological polar surface area (TPSA) is 84.0 Å². The highest BCUT2D eigenvalue weighted by molar-refractivity contribution is 7.88. The van der Waals surface area contributed by atoms with E-state index in [0.29, 0.717) is 36.7 Å². The molecule has 1 saturated carbocycles. The maximum atomic E-state index is 12.4. The first-order chi connectivity index (χ1) is 15.4. The predicted octanol–water partition coefficient (Wildman–Crippen LogP) is 4.40. The molecule has 0 aromatic heterocycles. The maximum absolute atomic E-state index is 12.4. The second-order valence-electron chi connectivity index (χ2n) is 8.80. The Hall–Kier alpha value is -1.77. The SMILES string of the molecule is CCS(=O)(=O)N(CCCCCCCN1C(=O)c2ccccc2C1=O)OCC1CCCCC1. The molecular formula is C24H36N2O5S. The van der Waals surface area contributed by atoms with E-state index in [2.05, 4.69) is 0 Å².